The number of para-hydroxylation sites is 1. The lowest BCUT2D eigenvalue weighted by atomic mass is 10.0. The van der Waals surface area contributed by atoms with Gasteiger partial charge in [-0.25, -0.2) is 0 Å². The molecular formula is C16H19N7O. The highest BCUT2D eigenvalue weighted by Crippen LogP contribution is 2.26. The highest BCUT2D eigenvalue weighted by atomic mass is 16.3. The predicted octanol–water partition coefficient (Wildman–Crippen LogP) is 0.734. The number of aryl methyl sites for hydroxylation is 1. The first-order valence-electron chi connectivity index (χ1n) is 7.98. The second-order valence-electron chi connectivity index (χ2n) is 6.21. The number of rotatable bonds is 4. The third kappa shape index (κ3) is 2.76. The van der Waals surface area contributed by atoms with Gasteiger partial charge in [-0.15, -0.1) is 0 Å². The Kier molecular flexibility index (Phi) is 3.73. The first-order valence-corrected chi connectivity index (χ1v) is 7.98. The van der Waals surface area contributed by atoms with E-state index in [0.29, 0.717) is 19.0 Å². The average Bonchev–Trinajstić information content (AvgIpc) is 3.30. The number of H-pyrrole nitrogens is 1. The van der Waals surface area contributed by atoms with Gasteiger partial charge in [-0.1, -0.05) is 23.3 Å². The highest BCUT2D eigenvalue weighted by Gasteiger charge is 2.34. The van der Waals surface area contributed by atoms with Gasteiger partial charge in [0, 0.05) is 24.7 Å². The van der Waals surface area contributed by atoms with Crippen molar-refractivity contribution in [2.75, 3.05) is 18.0 Å². The van der Waals surface area contributed by atoms with Gasteiger partial charge in [-0.3, -0.25) is 5.10 Å². The van der Waals surface area contributed by atoms with Gasteiger partial charge in [0.05, 0.1) is 17.5 Å². The minimum absolute atomic E-state index is 0.105. The third-order valence-corrected chi connectivity index (χ3v) is 4.37. The molecule has 24 heavy (non-hydrogen) atoms. The predicted molar refractivity (Wildman–Crippen MR) is 87.9 cm³/mol. The lowest BCUT2D eigenvalue weighted by molar-refractivity contribution is 0.147. The molecule has 0 saturated carbocycles. The van der Waals surface area contributed by atoms with Crippen LogP contribution in [0.2, 0.25) is 0 Å². The standard InChI is InChI=1S/C16H19N7O/c1-11-7-13(18-17-11)8-12-9-22(10-15(12)24)16-19-20-21-23(16)14-5-3-2-4-6-14/h2-7,12,15,24H,8-10H2,1H3,(H,17,18)/t12-,15+/m1/s1. The number of anilines is 1. The molecule has 8 heteroatoms. The maximum atomic E-state index is 10.4. The van der Waals surface area contributed by atoms with E-state index in [1.165, 1.54) is 0 Å². The number of hydrogen-bond acceptors (Lipinski definition) is 6. The van der Waals surface area contributed by atoms with E-state index in [-0.39, 0.29) is 5.92 Å². The van der Waals surface area contributed by atoms with Crippen LogP contribution in [0.3, 0.4) is 0 Å². The van der Waals surface area contributed by atoms with Crippen LogP contribution in [0.4, 0.5) is 5.95 Å². The topological polar surface area (TPSA) is 95.8 Å². The fraction of sp³-hybridized carbons (Fsp3) is 0.375. The molecular weight excluding hydrogens is 306 g/mol. The fourth-order valence-corrected chi connectivity index (χ4v) is 3.18. The third-order valence-electron chi connectivity index (χ3n) is 4.37. The Morgan fingerprint density at radius 2 is 2.08 bits per heavy atom. The van der Waals surface area contributed by atoms with Crippen molar-refractivity contribution in [2.45, 2.75) is 19.4 Å². The molecule has 3 aromatic rings. The van der Waals surface area contributed by atoms with Crippen LogP contribution < -0.4 is 4.90 Å². The molecule has 2 N–H and O–H groups in total. The summed E-state index contributed by atoms with van der Waals surface area (Å²) < 4.78 is 1.70. The number of aliphatic hydroxyl groups excluding tert-OH is 1. The van der Waals surface area contributed by atoms with Crippen molar-refractivity contribution in [3.8, 4) is 5.69 Å². The summed E-state index contributed by atoms with van der Waals surface area (Å²) in [6.45, 7) is 3.18. The minimum atomic E-state index is -0.428. The van der Waals surface area contributed by atoms with Gasteiger partial charge in [0.15, 0.2) is 0 Å². The molecule has 0 bridgehead atoms. The van der Waals surface area contributed by atoms with Crippen LogP contribution in [0.1, 0.15) is 11.4 Å². The van der Waals surface area contributed by atoms with Gasteiger partial charge in [0.1, 0.15) is 0 Å². The number of aromatic nitrogens is 6. The molecule has 124 valence electrons. The summed E-state index contributed by atoms with van der Waals surface area (Å²) >= 11 is 0. The maximum Gasteiger partial charge on any atom is 0.250 e. The van der Waals surface area contributed by atoms with Crippen molar-refractivity contribution in [3.05, 3.63) is 47.8 Å². The SMILES string of the molecule is Cc1cc(C[C@@H]2CN(c3nnnn3-c3ccccc3)C[C@@H]2O)n[nH]1. The van der Waals surface area contributed by atoms with Crippen LogP contribution >= 0.6 is 0 Å². The molecule has 1 aliphatic rings. The van der Waals surface area contributed by atoms with Crippen molar-refractivity contribution in [3.63, 3.8) is 0 Å². The van der Waals surface area contributed by atoms with E-state index in [1.807, 2.05) is 48.2 Å². The smallest absolute Gasteiger partial charge is 0.250 e. The number of benzene rings is 1. The van der Waals surface area contributed by atoms with E-state index in [1.54, 1.807) is 4.68 Å². The summed E-state index contributed by atoms with van der Waals surface area (Å²) in [5.41, 5.74) is 2.90. The highest BCUT2D eigenvalue weighted by molar-refractivity contribution is 5.41. The van der Waals surface area contributed by atoms with Crippen molar-refractivity contribution < 1.29 is 5.11 Å². The average molecular weight is 325 g/mol. The van der Waals surface area contributed by atoms with Gasteiger partial charge in [-0.05, 0) is 42.0 Å². The molecule has 2 aromatic heterocycles. The Bertz CT molecular complexity index is 813. The molecule has 0 aliphatic carbocycles. The molecule has 1 saturated heterocycles. The Morgan fingerprint density at radius 1 is 1.25 bits per heavy atom. The van der Waals surface area contributed by atoms with Gasteiger partial charge >= 0.3 is 0 Å². The van der Waals surface area contributed by atoms with Gasteiger partial charge < -0.3 is 10.0 Å². The number of β-amino-alcohol motifs (C(OH)–C–C–N with tert-alkyl or cyclic N) is 1. The number of hydrogen-bond donors (Lipinski definition) is 2. The Hall–Kier alpha value is -2.74. The molecule has 1 aromatic carbocycles. The Morgan fingerprint density at radius 3 is 2.83 bits per heavy atom. The van der Waals surface area contributed by atoms with Crippen molar-refractivity contribution in [2.24, 2.45) is 5.92 Å². The van der Waals surface area contributed by atoms with E-state index in [0.717, 1.165) is 23.5 Å². The van der Waals surface area contributed by atoms with Crippen LogP contribution in [-0.2, 0) is 6.42 Å². The van der Waals surface area contributed by atoms with E-state index in [4.69, 9.17) is 0 Å². The van der Waals surface area contributed by atoms with Gasteiger partial charge in [0.2, 0.25) is 5.95 Å². The van der Waals surface area contributed by atoms with Crippen LogP contribution in [0, 0.1) is 12.8 Å². The van der Waals surface area contributed by atoms with E-state index < -0.39 is 6.10 Å². The first kappa shape index (κ1) is 14.8. The molecule has 0 spiro atoms. The summed E-state index contributed by atoms with van der Waals surface area (Å²) in [7, 11) is 0. The minimum Gasteiger partial charge on any atom is -0.391 e. The zero-order valence-electron chi connectivity index (χ0n) is 13.4. The summed E-state index contributed by atoms with van der Waals surface area (Å²) in [5, 5.41) is 29.7. The summed E-state index contributed by atoms with van der Waals surface area (Å²) in [6, 6.07) is 11.8. The largest absolute Gasteiger partial charge is 0.391 e. The molecule has 1 aliphatic heterocycles. The van der Waals surface area contributed by atoms with Crippen molar-refractivity contribution in [1.29, 1.82) is 0 Å². The second kappa shape index (κ2) is 6.04. The van der Waals surface area contributed by atoms with Crippen molar-refractivity contribution in [1.82, 2.24) is 30.4 Å². The maximum absolute atomic E-state index is 10.4. The van der Waals surface area contributed by atoms with Crippen LogP contribution in [0.5, 0.6) is 0 Å². The number of nitrogens with zero attached hydrogens (tertiary/aromatic N) is 6. The fourth-order valence-electron chi connectivity index (χ4n) is 3.18. The number of aromatic amines is 1. The summed E-state index contributed by atoms with van der Waals surface area (Å²) in [6.07, 6.45) is 0.303. The van der Waals surface area contributed by atoms with E-state index >= 15 is 0 Å². The van der Waals surface area contributed by atoms with Gasteiger partial charge in [-0.2, -0.15) is 9.78 Å². The van der Waals surface area contributed by atoms with E-state index in [9.17, 15) is 5.11 Å². The van der Waals surface area contributed by atoms with Gasteiger partial charge in [0.25, 0.3) is 0 Å². The zero-order valence-corrected chi connectivity index (χ0v) is 13.4. The molecule has 8 nitrogen and oxygen atoms in total. The molecule has 0 amide bonds. The zero-order chi connectivity index (χ0) is 16.5. The number of nitrogens with one attached hydrogen (secondary N) is 1. The quantitative estimate of drug-likeness (QED) is 0.734. The lowest BCUT2D eigenvalue weighted by Gasteiger charge is -2.16. The molecule has 2 atom stereocenters. The van der Waals surface area contributed by atoms with Crippen LogP contribution in [0.15, 0.2) is 36.4 Å². The normalized spacial score (nSPS) is 20.7. The molecule has 0 radical (unpaired) electrons. The monoisotopic (exact) mass is 325 g/mol. The van der Waals surface area contributed by atoms with Crippen LogP contribution in [0.25, 0.3) is 5.69 Å². The molecule has 0 unspecified atom stereocenters. The Labute approximate surface area is 139 Å². The molecule has 4 rings (SSSR count). The van der Waals surface area contributed by atoms with Crippen LogP contribution in [-0.4, -0.2) is 54.7 Å². The molecule has 3 heterocycles. The first-order chi connectivity index (χ1) is 11.7. The number of tetrazole rings is 1. The summed E-state index contributed by atoms with van der Waals surface area (Å²) in [4.78, 5) is 2.03. The Balaban J connectivity index is 1.53. The summed E-state index contributed by atoms with van der Waals surface area (Å²) in [5.74, 6) is 0.759. The number of aliphatic hydroxyl groups is 1. The second-order valence-corrected chi connectivity index (χ2v) is 6.21. The van der Waals surface area contributed by atoms with E-state index in [2.05, 4.69) is 25.7 Å². The molecule has 1 fully saturated rings. The van der Waals surface area contributed by atoms with Crippen molar-refractivity contribution >= 4 is 5.95 Å². The lowest BCUT2D eigenvalue weighted by Crippen LogP contribution is -2.24.